The van der Waals surface area contributed by atoms with E-state index in [0.717, 1.165) is 11.2 Å². The third-order valence-corrected chi connectivity index (χ3v) is 19.2. The highest BCUT2D eigenvalue weighted by Crippen LogP contribution is 2.60. The number of nitrogens with zero attached hydrogens (tertiary/aromatic N) is 7. The number of fused-ring (bicyclic) bond motifs is 4. The van der Waals surface area contributed by atoms with E-state index in [2.05, 4.69) is 70.7 Å². The summed E-state index contributed by atoms with van der Waals surface area (Å²) >= 11 is 8.43. The van der Waals surface area contributed by atoms with E-state index in [1.807, 2.05) is 0 Å². The number of rotatable bonds is 33. The molecule has 3 fully saturated rings. The quantitative estimate of drug-likeness (QED) is 0.0128. The number of nitrogens with one attached hydrogen (secondary N) is 5. The summed E-state index contributed by atoms with van der Waals surface area (Å²) in [5.41, 5.74) is 0.176. The van der Waals surface area contributed by atoms with Crippen molar-refractivity contribution in [3.8, 4) is 5.88 Å². The fraction of sp³-hybridized carbons (Fsp3) is 0.516. The van der Waals surface area contributed by atoms with Gasteiger partial charge in [-0.15, -0.1) is 0 Å². The third-order valence-electron chi connectivity index (χ3n) is 16.0. The summed E-state index contributed by atoms with van der Waals surface area (Å²) in [5.74, 6) is -3.95. The molecule has 1 saturated carbocycles. The van der Waals surface area contributed by atoms with Crippen molar-refractivity contribution in [1.29, 1.82) is 0 Å². The molecule has 2 saturated heterocycles. The van der Waals surface area contributed by atoms with Gasteiger partial charge in [0.2, 0.25) is 29.5 Å². The Morgan fingerprint density at radius 3 is 2.10 bits per heavy atom. The normalized spacial score (nSPS) is 23.5. The van der Waals surface area contributed by atoms with E-state index in [9.17, 15) is 52.6 Å². The number of imide groups is 1. The molecule has 35 nitrogen and oxygen atoms in total. The molecule has 5 aromatic rings. The molecule has 7 amide bonds. The van der Waals surface area contributed by atoms with Crippen LogP contribution >= 0.6 is 38.1 Å². The SMILES string of the molecule is CC(C)[C@H](NC(=O)CCOCCOCCOCCOCCOCCN1C(=O)C=CC1=O)C(=O)N[C@@H](C)C(=O)Nc1ccc(COC(=O)N(C)Cc2ccccc2C(=O)Nc2nc3c(ncn3[C@@H]3O[C@@H]4CO[P@@](=O)(S)O[C@H]5C[C@H](Oc6ccncn6)CC5CO[P@@](=O)(S)O[C@@H]3[C@@H]4O)c(=O)[nH]2)cc1. The van der Waals surface area contributed by atoms with Crippen LogP contribution in [0.1, 0.15) is 67.7 Å². The van der Waals surface area contributed by atoms with Gasteiger partial charge in [0.05, 0.1) is 98.3 Å². The van der Waals surface area contributed by atoms with Gasteiger partial charge in [-0.1, -0.05) is 68.7 Å². The Bertz CT molecular complexity index is 3860. The molecule has 1 aliphatic carbocycles. The number of ether oxygens (including phenoxy) is 8. The lowest BCUT2D eigenvalue weighted by Crippen LogP contribution is -2.53. The maximum Gasteiger partial charge on any atom is 0.410 e. The van der Waals surface area contributed by atoms with Crippen molar-refractivity contribution >= 4 is 102 Å². The molecule has 101 heavy (non-hydrogen) atoms. The molecule has 548 valence electrons. The van der Waals surface area contributed by atoms with Crippen LogP contribution in [0.3, 0.4) is 0 Å². The molecule has 2 aromatic carbocycles. The molecule has 3 aliphatic heterocycles. The first-order chi connectivity index (χ1) is 48.4. The number of benzene rings is 2. The predicted molar refractivity (Wildman–Crippen MR) is 362 cm³/mol. The Labute approximate surface area is 589 Å². The molecule has 6 heterocycles. The van der Waals surface area contributed by atoms with Crippen LogP contribution in [-0.4, -0.2) is 221 Å². The number of hydrogen-bond acceptors (Lipinski definition) is 27. The lowest BCUT2D eigenvalue weighted by Gasteiger charge is -2.26. The number of aliphatic hydroxyl groups is 1. The van der Waals surface area contributed by atoms with Gasteiger partial charge >= 0.3 is 19.7 Å². The van der Waals surface area contributed by atoms with Crippen LogP contribution < -0.4 is 31.6 Å². The van der Waals surface area contributed by atoms with Crippen LogP contribution in [0.4, 0.5) is 16.4 Å². The number of aromatic amines is 1. The number of amides is 7. The van der Waals surface area contributed by atoms with Crippen LogP contribution in [0.2, 0.25) is 0 Å². The second-order valence-electron chi connectivity index (χ2n) is 23.8. The molecule has 9 rings (SSSR count). The molecule has 39 heteroatoms. The Balaban J connectivity index is 0.680. The highest BCUT2D eigenvalue weighted by molar-refractivity contribution is 8.44. The lowest BCUT2D eigenvalue weighted by atomic mass is 10.0. The van der Waals surface area contributed by atoms with E-state index >= 15 is 0 Å². The highest BCUT2D eigenvalue weighted by atomic mass is 32.7. The van der Waals surface area contributed by atoms with E-state index in [-0.39, 0.29) is 118 Å². The van der Waals surface area contributed by atoms with Crippen LogP contribution in [0.25, 0.3) is 11.2 Å². The average Bonchev–Trinajstić information content (AvgIpc) is 1.61. The van der Waals surface area contributed by atoms with Crippen LogP contribution in [0, 0.1) is 11.8 Å². The minimum Gasteiger partial charge on any atom is -0.474 e. The fourth-order valence-corrected chi connectivity index (χ4v) is 13.8. The molecule has 6 N–H and O–H groups in total. The number of H-pyrrole nitrogens is 1. The zero-order chi connectivity index (χ0) is 72.2. The second-order valence-corrected chi connectivity index (χ2v) is 29.5. The predicted octanol–water partition coefficient (Wildman–Crippen LogP) is 3.92. The largest absolute Gasteiger partial charge is 0.474 e. The fourth-order valence-electron chi connectivity index (χ4n) is 10.7. The van der Waals surface area contributed by atoms with E-state index in [1.54, 1.807) is 62.4 Å². The first-order valence-electron chi connectivity index (χ1n) is 32.1. The number of hydrogen-bond donors (Lipinski definition) is 8. The molecule has 2 bridgehead atoms. The summed E-state index contributed by atoms with van der Waals surface area (Å²) in [6, 6.07) is 12.4. The lowest BCUT2D eigenvalue weighted by molar-refractivity contribution is -0.137. The second kappa shape index (κ2) is 37.0. The maximum absolute atomic E-state index is 14.0. The summed E-state index contributed by atoms with van der Waals surface area (Å²) in [6.07, 6.45) is -1.24. The monoisotopic (exact) mass is 1490 g/mol. The van der Waals surface area contributed by atoms with Crippen LogP contribution in [-0.2, 0) is 97.5 Å². The number of aromatic nitrogens is 6. The molecule has 1 unspecified atom stereocenters. The van der Waals surface area contributed by atoms with Crippen molar-refractivity contribution in [2.75, 3.05) is 104 Å². The van der Waals surface area contributed by atoms with Gasteiger partial charge in [-0.2, -0.15) is 4.98 Å². The number of thiol groups is 2. The average molecular weight is 1490 g/mol. The number of imidazole rings is 1. The number of carbonyl (C=O) groups is 7. The van der Waals surface area contributed by atoms with Crippen molar-refractivity contribution in [2.45, 2.75) is 102 Å². The summed E-state index contributed by atoms with van der Waals surface area (Å²) < 4.78 is 97.1. The van der Waals surface area contributed by atoms with Gasteiger partial charge in [0.1, 0.15) is 49.4 Å². The van der Waals surface area contributed by atoms with Crippen molar-refractivity contribution < 1.29 is 104 Å². The van der Waals surface area contributed by atoms with Gasteiger partial charge in [-0.05, 0) is 48.6 Å². The van der Waals surface area contributed by atoms with Gasteiger partial charge in [0, 0.05) is 68.0 Å². The standard InChI is InChI=1S/C62H80N12O23P2S2/c1-37(2)51(68-47(75)16-19-86-21-23-88-25-27-90-28-26-89-24-22-87-20-18-73-49(76)13-14-50(73)77)58(81)66-38(3)56(79)67-42-11-9-39(10-12-42)32-91-62(83)72(4)31-40-7-5-6-8-44(40)57(80)70-61-69-55-52(59(82)71-61)65-36-74(55)60-54-53(78)46(95-60)34-93-98(84,100)96-45-30-43(94-48-15-17-63-35-64-48)29-41(45)33-92-99(85,101)97-54/h5-15,17,35-38,41,43,45-46,51,53-54,60,78H,16,18-34H2,1-4H3,(H,66,81)(H,67,79)(H,68,75)(H,84,100)(H,85,101)(H2,69,70,71,80,82)/t38-,41?,43+,45-,46+,51-,53+,54+,60+,98+,99+/m0/s1. The van der Waals surface area contributed by atoms with Gasteiger partial charge in [-0.25, -0.2) is 28.9 Å². The number of carbonyl (C=O) groups excluding carboxylic acids is 7. The van der Waals surface area contributed by atoms with E-state index < -0.39 is 110 Å². The Morgan fingerprint density at radius 1 is 0.772 bits per heavy atom. The first kappa shape index (κ1) is 77.6. The van der Waals surface area contributed by atoms with Crippen molar-refractivity contribution in [3.05, 3.63) is 113 Å². The Kier molecular flexibility index (Phi) is 28.4. The van der Waals surface area contributed by atoms with Gasteiger partial charge < -0.3 is 68.4 Å². The summed E-state index contributed by atoms with van der Waals surface area (Å²) in [6.45, 7) is -1.81. The molecule has 11 atom stereocenters. The zero-order valence-corrected chi connectivity index (χ0v) is 59.0. The van der Waals surface area contributed by atoms with Crippen LogP contribution in [0.15, 0.2) is 90.4 Å². The summed E-state index contributed by atoms with van der Waals surface area (Å²) in [5, 5.41) is 22.3. The first-order valence-corrected chi connectivity index (χ1v) is 37.5. The minimum absolute atomic E-state index is 0.0248. The zero-order valence-electron chi connectivity index (χ0n) is 55.4. The van der Waals surface area contributed by atoms with Gasteiger partial charge in [0.25, 0.3) is 23.3 Å². The molecular formula is C62H80N12O23P2S2. The topological polar surface area (TPSA) is 429 Å². The smallest absolute Gasteiger partial charge is 0.410 e. The van der Waals surface area contributed by atoms with Gasteiger partial charge in [0.15, 0.2) is 17.4 Å². The molecule has 4 aliphatic rings. The van der Waals surface area contributed by atoms with Crippen molar-refractivity contribution in [3.63, 3.8) is 0 Å². The Hall–Kier alpha value is -7.58. The summed E-state index contributed by atoms with van der Waals surface area (Å²) in [4.78, 5) is 125. The maximum atomic E-state index is 14.0. The number of aliphatic hydroxyl groups excluding tert-OH is 1. The van der Waals surface area contributed by atoms with Gasteiger partial charge in [-0.3, -0.25) is 66.9 Å². The van der Waals surface area contributed by atoms with Crippen molar-refractivity contribution in [2.24, 2.45) is 11.8 Å². The number of anilines is 2. The highest BCUT2D eigenvalue weighted by Gasteiger charge is 2.51. The molecule has 3 aromatic heterocycles. The van der Waals surface area contributed by atoms with E-state index in [4.69, 9.17) is 56.0 Å². The summed E-state index contributed by atoms with van der Waals surface area (Å²) in [7, 11) is 1.46. The Morgan fingerprint density at radius 2 is 1.43 bits per heavy atom. The van der Waals surface area contributed by atoms with E-state index in [0.29, 0.717) is 56.5 Å². The van der Waals surface area contributed by atoms with Crippen LogP contribution in [0.5, 0.6) is 5.88 Å². The molecule has 0 radical (unpaired) electrons. The molecular weight excluding hydrogens is 1410 g/mol. The van der Waals surface area contributed by atoms with E-state index in [1.165, 1.54) is 54.2 Å². The minimum atomic E-state index is -4.39. The van der Waals surface area contributed by atoms with Crippen molar-refractivity contribution in [1.82, 2.24) is 49.9 Å². The molecule has 0 spiro atoms. The third kappa shape index (κ3) is 22.7.